The molecule has 8 atom stereocenters. The van der Waals surface area contributed by atoms with Gasteiger partial charge in [-0.15, -0.1) is 0 Å². The van der Waals surface area contributed by atoms with E-state index in [-0.39, 0.29) is 12.1 Å². The molecule has 0 aromatic rings. The highest BCUT2D eigenvalue weighted by Gasteiger charge is 2.48. The molecule has 3 heterocycles. The smallest absolute Gasteiger partial charge is 0.263 e. The van der Waals surface area contributed by atoms with Gasteiger partial charge < -0.3 is 0 Å². The fourth-order valence-corrected chi connectivity index (χ4v) is 5.28. The number of hydrogen-bond acceptors (Lipinski definition) is 3. The zero-order valence-electron chi connectivity index (χ0n) is 13.8. The molecule has 0 radical (unpaired) electrons. The van der Waals surface area contributed by atoms with Crippen molar-refractivity contribution in [2.75, 3.05) is 6.54 Å². The van der Waals surface area contributed by atoms with Crippen LogP contribution >= 0.6 is 0 Å². The second-order valence-corrected chi connectivity index (χ2v) is 7.93. The zero-order valence-corrected chi connectivity index (χ0v) is 13.8. The predicted molar refractivity (Wildman–Crippen MR) is 87.9 cm³/mol. The van der Waals surface area contributed by atoms with Gasteiger partial charge in [-0.05, 0) is 49.7 Å². The maximum absolute atomic E-state index is 13.8. The van der Waals surface area contributed by atoms with Crippen LogP contribution in [-0.2, 0) is 4.79 Å². The molecular formula is C18H27FN3O+. The van der Waals surface area contributed by atoms with Crippen LogP contribution < -0.4 is 5.32 Å². The Morgan fingerprint density at radius 3 is 3.00 bits per heavy atom. The minimum absolute atomic E-state index is 0.146. The first-order valence-electron chi connectivity index (χ1n) is 9.14. The lowest BCUT2D eigenvalue weighted by Gasteiger charge is -2.35. The zero-order chi connectivity index (χ0) is 16.0. The van der Waals surface area contributed by atoms with E-state index in [1.54, 1.807) is 0 Å². The number of rotatable bonds is 3. The molecule has 2 fully saturated rings. The Balaban J connectivity index is 1.47. The molecule has 3 aliphatic heterocycles. The number of hydrogen-bond donors (Lipinski definition) is 1. The van der Waals surface area contributed by atoms with E-state index < -0.39 is 6.17 Å². The predicted octanol–water partition coefficient (Wildman–Crippen LogP) is 1.82. The first-order valence-corrected chi connectivity index (χ1v) is 9.14. The number of fused-ring (bicyclic) bond motifs is 1. The van der Waals surface area contributed by atoms with E-state index in [4.69, 9.17) is 4.99 Å². The van der Waals surface area contributed by atoms with Gasteiger partial charge in [0.05, 0.1) is 12.6 Å². The van der Waals surface area contributed by atoms with E-state index in [0.717, 1.165) is 38.5 Å². The van der Waals surface area contributed by atoms with Gasteiger partial charge in [-0.2, -0.15) is 0 Å². The van der Waals surface area contributed by atoms with Crippen LogP contribution in [0.25, 0.3) is 0 Å². The molecule has 126 valence electrons. The molecule has 0 spiro atoms. The van der Waals surface area contributed by atoms with Gasteiger partial charge >= 0.3 is 0 Å². The quantitative estimate of drug-likeness (QED) is 0.637. The van der Waals surface area contributed by atoms with Crippen molar-refractivity contribution in [2.24, 2.45) is 28.7 Å². The maximum atomic E-state index is 13.8. The molecule has 1 saturated heterocycles. The summed E-state index contributed by atoms with van der Waals surface area (Å²) in [7, 11) is 0. The molecule has 0 amide bonds. The fraction of sp³-hybridized carbons (Fsp3) is 0.833. The molecular weight excluding hydrogens is 293 g/mol. The third kappa shape index (κ3) is 2.67. The van der Waals surface area contributed by atoms with Crippen LogP contribution in [0.4, 0.5) is 4.39 Å². The van der Waals surface area contributed by atoms with E-state index in [2.05, 4.69) is 22.3 Å². The first kappa shape index (κ1) is 15.4. The van der Waals surface area contributed by atoms with Crippen molar-refractivity contribution in [1.29, 1.82) is 0 Å². The fourth-order valence-electron chi connectivity index (χ4n) is 5.28. The second-order valence-electron chi connectivity index (χ2n) is 7.93. The summed E-state index contributed by atoms with van der Waals surface area (Å²) < 4.78 is 16.0. The number of nitrogens with zero attached hydrogens (tertiary/aromatic N) is 2. The van der Waals surface area contributed by atoms with Gasteiger partial charge in [-0.25, -0.2) is 14.3 Å². The van der Waals surface area contributed by atoms with Crippen molar-refractivity contribution in [2.45, 2.75) is 63.4 Å². The van der Waals surface area contributed by atoms with Gasteiger partial charge in [0.15, 0.2) is 6.04 Å². The van der Waals surface area contributed by atoms with Crippen LogP contribution in [-0.4, -0.2) is 54.3 Å². The Kier molecular flexibility index (Phi) is 4.08. The highest BCUT2D eigenvalue weighted by molar-refractivity contribution is 5.66. The van der Waals surface area contributed by atoms with Crippen LogP contribution in [0.3, 0.4) is 0 Å². The number of halogens is 1. The third-order valence-corrected chi connectivity index (χ3v) is 6.57. The first-order chi connectivity index (χ1) is 11.2. The minimum Gasteiger partial charge on any atom is -0.294 e. The van der Waals surface area contributed by atoms with Gasteiger partial charge in [0.25, 0.3) is 6.17 Å². The molecule has 1 N–H and O–H groups in total. The van der Waals surface area contributed by atoms with Crippen molar-refractivity contribution in [1.82, 2.24) is 5.32 Å². The third-order valence-electron chi connectivity index (χ3n) is 6.57. The summed E-state index contributed by atoms with van der Waals surface area (Å²) in [6, 6.07) is 0.811. The van der Waals surface area contributed by atoms with Crippen molar-refractivity contribution < 1.29 is 13.8 Å². The number of carbonyl (C=O) groups excluding carboxylic acids is 1. The average Bonchev–Trinajstić information content (AvgIpc) is 3.23. The molecule has 4 aliphatic rings. The Morgan fingerprint density at radius 1 is 1.35 bits per heavy atom. The Bertz CT molecular complexity index is 534. The molecule has 8 unspecified atom stereocenters. The molecule has 0 aromatic carbocycles. The van der Waals surface area contributed by atoms with E-state index in [1.807, 2.05) is 6.92 Å². The largest absolute Gasteiger partial charge is 0.294 e. The normalized spacial score (nSPS) is 49.2. The van der Waals surface area contributed by atoms with Crippen LogP contribution in [0.1, 0.15) is 39.0 Å². The van der Waals surface area contributed by atoms with Crippen molar-refractivity contribution in [3.8, 4) is 0 Å². The summed E-state index contributed by atoms with van der Waals surface area (Å²) in [6.45, 7) is 2.95. The van der Waals surface area contributed by atoms with Crippen molar-refractivity contribution in [3.63, 3.8) is 0 Å². The van der Waals surface area contributed by atoms with E-state index in [0.29, 0.717) is 36.3 Å². The van der Waals surface area contributed by atoms with Crippen LogP contribution in [0.5, 0.6) is 0 Å². The van der Waals surface area contributed by atoms with Gasteiger partial charge in [0, 0.05) is 12.3 Å². The van der Waals surface area contributed by atoms with E-state index >= 15 is 0 Å². The van der Waals surface area contributed by atoms with Gasteiger partial charge in [0.2, 0.25) is 6.29 Å². The topological polar surface area (TPSA) is 44.5 Å². The standard InChI is InChI=1S/C18H27FN3O/c1-11-6-12(2-3-16(11)19)18-15(4-5-20-18)13-7-14-8-21-17(10-23)22(14)9-13/h5,9-18,21H,2-4,6-8H2,1H3/q+1. The highest BCUT2D eigenvalue weighted by Crippen LogP contribution is 2.42. The molecule has 0 aromatic heterocycles. The maximum Gasteiger partial charge on any atom is 0.263 e. The number of alkyl halides is 1. The molecule has 23 heavy (non-hydrogen) atoms. The van der Waals surface area contributed by atoms with Crippen LogP contribution in [0.15, 0.2) is 4.99 Å². The summed E-state index contributed by atoms with van der Waals surface area (Å²) in [5.74, 6) is 1.76. The van der Waals surface area contributed by atoms with Gasteiger partial charge in [-0.1, -0.05) is 6.92 Å². The number of carbonyl (C=O) groups is 1. The molecule has 0 bridgehead atoms. The number of aldehydes is 1. The summed E-state index contributed by atoms with van der Waals surface area (Å²) in [6.07, 6.45) is 9.42. The Hall–Kier alpha value is -1.10. The SMILES string of the molecule is CC1CC(C2N=CCC2C2C=[N+]3C(CNC3C=O)C2)CCC1F. The van der Waals surface area contributed by atoms with Crippen molar-refractivity contribution in [3.05, 3.63) is 0 Å². The lowest BCUT2D eigenvalue weighted by atomic mass is 9.71. The lowest BCUT2D eigenvalue weighted by Crippen LogP contribution is -2.36. The average molecular weight is 320 g/mol. The second kappa shape index (κ2) is 6.08. The minimum atomic E-state index is -0.627. The van der Waals surface area contributed by atoms with Crippen LogP contribution in [0.2, 0.25) is 0 Å². The van der Waals surface area contributed by atoms with Crippen molar-refractivity contribution >= 4 is 18.7 Å². The summed E-state index contributed by atoms with van der Waals surface area (Å²) in [5, 5.41) is 3.26. The summed E-state index contributed by atoms with van der Waals surface area (Å²) in [4.78, 5) is 16.0. The monoisotopic (exact) mass is 320 g/mol. The summed E-state index contributed by atoms with van der Waals surface area (Å²) >= 11 is 0. The Labute approximate surface area is 137 Å². The number of aliphatic imine (C=N–C) groups is 1. The molecule has 5 heteroatoms. The highest BCUT2D eigenvalue weighted by atomic mass is 19.1. The number of nitrogens with one attached hydrogen (secondary N) is 1. The van der Waals surface area contributed by atoms with Gasteiger partial charge in [-0.3, -0.25) is 9.79 Å². The Morgan fingerprint density at radius 2 is 2.22 bits per heavy atom. The van der Waals surface area contributed by atoms with Gasteiger partial charge in [0.1, 0.15) is 12.4 Å². The molecule has 4 rings (SSSR count). The van der Waals surface area contributed by atoms with Crippen LogP contribution in [0, 0.1) is 23.7 Å². The van der Waals surface area contributed by atoms with E-state index in [1.165, 1.54) is 0 Å². The molecule has 4 nitrogen and oxygen atoms in total. The molecule has 1 aliphatic carbocycles. The lowest BCUT2D eigenvalue weighted by molar-refractivity contribution is -0.553. The summed E-state index contributed by atoms with van der Waals surface area (Å²) in [5.41, 5.74) is 0. The molecule has 1 saturated carbocycles. The van der Waals surface area contributed by atoms with E-state index in [9.17, 15) is 9.18 Å².